The Bertz CT molecular complexity index is 269. The summed E-state index contributed by atoms with van der Waals surface area (Å²) in [5.74, 6) is 2.07. The van der Waals surface area contributed by atoms with E-state index in [9.17, 15) is 0 Å². The maximum absolute atomic E-state index is 6.12. The first-order valence-electron chi connectivity index (χ1n) is 6.88. The van der Waals surface area contributed by atoms with Crippen LogP contribution in [-0.2, 0) is 0 Å². The Kier molecular flexibility index (Phi) is 7.13. The number of thioether (sulfide) groups is 1. The first kappa shape index (κ1) is 16.4. The molecule has 2 aliphatic heterocycles. The second-order valence-corrected chi connectivity index (χ2v) is 7.16. The molecular formula is C13H26IN3S. The van der Waals surface area contributed by atoms with E-state index in [2.05, 4.69) is 28.6 Å². The van der Waals surface area contributed by atoms with Crippen molar-refractivity contribution in [3.63, 3.8) is 0 Å². The number of hydrogen-bond acceptors (Lipinski definition) is 2. The molecule has 18 heavy (non-hydrogen) atoms. The van der Waals surface area contributed by atoms with E-state index in [4.69, 9.17) is 5.73 Å². The molecule has 2 rings (SSSR count). The number of guanidine groups is 1. The van der Waals surface area contributed by atoms with Crippen molar-refractivity contribution in [2.24, 2.45) is 10.7 Å². The van der Waals surface area contributed by atoms with Crippen molar-refractivity contribution in [2.75, 3.05) is 25.4 Å². The summed E-state index contributed by atoms with van der Waals surface area (Å²) in [5, 5.41) is 0. The van der Waals surface area contributed by atoms with E-state index in [1.54, 1.807) is 0 Å². The number of rotatable bonds is 2. The Morgan fingerprint density at radius 1 is 1.22 bits per heavy atom. The van der Waals surface area contributed by atoms with E-state index in [-0.39, 0.29) is 24.0 Å². The van der Waals surface area contributed by atoms with Crippen LogP contribution < -0.4 is 5.73 Å². The van der Waals surface area contributed by atoms with Gasteiger partial charge in [-0.3, -0.25) is 4.99 Å². The molecule has 0 aliphatic carbocycles. The lowest BCUT2D eigenvalue weighted by atomic mass is 10.1. The van der Waals surface area contributed by atoms with Gasteiger partial charge in [0, 0.05) is 17.8 Å². The van der Waals surface area contributed by atoms with Gasteiger partial charge < -0.3 is 10.6 Å². The van der Waals surface area contributed by atoms with Gasteiger partial charge in [-0.05, 0) is 38.4 Å². The van der Waals surface area contributed by atoms with Crippen molar-refractivity contribution in [2.45, 2.75) is 50.2 Å². The van der Waals surface area contributed by atoms with E-state index in [0.717, 1.165) is 25.6 Å². The standard InChI is InChI=1S/C13H25N3S.HI/c1-13(7-6-10-17-13)11-15-12(14)16-8-4-2-3-5-9-16;/h2-11H2,1H3,(H2,14,15);1H. The quantitative estimate of drug-likeness (QED) is 0.453. The van der Waals surface area contributed by atoms with Crippen LogP contribution in [0.25, 0.3) is 0 Å². The molecule has 0 spiro atoms. The Morgan fingerprint density at radius 3 is 2.44 bits per heavy atom. The lowest BCUT2D eigenvalue weighted by molar-refractivity contribution is 0.427. The van der Waals surface area contributed by atoms with E-state index in [1.165, 1.54) is 44.3 Å². The highest BCUT2D eigenvalue weighted by Gasteiger charge is 2.29. The summed E-state index contributed by atoms with van der Waals surface area (Å²) >= 11 is 2.06. The van der Waals surface area contributed by atoms with Crippen LogP contribution in [0.3, 0.4) is 0 Å². The summed E-state index contributed by atoms with van der Waals surface area (Å²) in [5.41, 5.74) is 6.12. The molecule has 0 radical (unpaired) electrons. The molecule has 0 aromatic heterocycles. The molecule has 2 N–H and O–H groups in total. The summed E-state index contributed by atoms with van der Waals surface area (Å²) in [6.07, 6.45) is 7.84. The summed E-state index contributed by atoms with van der Waals surface area (Å²) in [6, 6.07) is 0. The molecule has 0 amide bonds. The van der Waals surface area contributed by atoms with Gasteiger partial charge in [0.2, 0.25) is 0 Å². The fourth-order valence-corrected chi connectivity index (χ4v) is 3.84. The Hall–Kier alpha value is 0.350. The molecule has 2 aliphatic rings. The van der Waals surface area contributed by atoms with Crippen molar-refractivity contribution in [1.29, 1.82) is 0 Å². The molecule has 0 saturated carbocycles. The average molecular weight is 383 g/mol. The number of halogens is 1. The Balaban J connectivity index is 0.00000162. The molecule has 1 unspecified atom stereocenters. The second-order valence-electron chi connectivity index (χ2n) is 5.48. The Morgan fingerprint density at radius 2 is 1.89 bits per heavy atom. The first-order valence-corrected chi connectivity index (χ1v) is 7.87. The third-order valence-corrected chi connectivity index (χ3v) is 5.33. The van der Waals surface area contributed by atoms with Crippen LogP contribution >= 0.6 is 35.7 Å². The minimum Gasteiger partial charge on any atom is -0.370 e. The SMILES string of the molecule is CC1(CN=C(N)N2CCCCCC2)CCCS1.I. The molecule has 5 heteroatoms. The van der Waals surface area contributed by atoms with Gasteiger partial charge in [-0.25, -0.2) is 0 Å². The molecule has 1 atom stereocenters. The van der Waals surface area contributed by atoms with E-state index < -0.39 is 0 Å². The van der Waals surface area contributed by atoms with Crippen LogP contribution in [-0.4, -0.2) is 41.0 Å². The zero-order valence-electron chi connectivity index (χ0n) is 11.4. The summed E-state index contributed by atoms with van der Waals surface area (Å²) < 4.78 is 0.344. The third-order valence-electron chi connectivity index (χ3n) is 3.81. The van der Waals surface area contributed by atoms with Gasteiger partial charge in [0.25, 0.3) is 0 Å². The molecule has 2 saturated heterocycles. The molecule has 3 nitrogen and oxygen atoms in total. The van der Waals surface area contributed by atoms with Crippen LogP contribution in [0.5, 0.6) is 0 Å². The molecule has 0 aromatic carbocycles. The second kappa shape index (κ2) is 7.82. The third kappa shape index (κ3) is 4.79. The van der Waals surface area contributed by atoms with E-state index in [0.29, 0.717) is 4.75 Å². The smallest absolute Gasteiger partial charge is 0.191 e. The zero-order chi connectivity index (χ0) is 12.1. The Labute approximate surface area is 132 Å². The number of nitrogens with zero attached hydrogens (tertiary/aromatic N) is 2. The monoisotopic (exact) mass is 383 g/mol. The van der Waals surface area contributed by atoms with E-state index in [1.807, 2.05) is 0 Å². The highest BCUT2D eigenvalue weighted by Crippen LogP contribution is 2.37. The molecule has 2 fully saturated rings. The van der Waals surface area contributed by atoms with Gasteiger partial charge >= 0.3 is 0 Å². The van der Waals surface area contributed by atoms with Crippen LogP contribution in [0.4, 0.5) is 0 Å². The van der Waals surface area contributed by atoms with Gasteiger partial charge in [-0.2, -0.15) is 11.8 Å². The molecule has 2 heterocycles. The molecule has 0 bridgehead atoms. The minimum atomic E-state index is 0. The molecular weight excluding hydrogens is 357 g/mol. The number of likely N-dealkylation sites (tertiary alicyclic amines) is 1. The highest BCUT2D eigenvalue weighted by atomic mass is 127. The van der Waals surface area contributed by atoms with Gasteiger partial charge in [-0.1, -0.05) is 12.8 Å². The maximum Gasteiger partial charge on any atom is 0.191 e. The van der Waals surface area contributed by atoms with Crippen LogP contribution in [0.15, 0.2) is 4.99 Å². The fourth-order valence-electron chi connectivity index (χ4n) is 2.61. The van der Waals surface area contributed by atoms with Crippen LogP contribution in [0, 0.1) is 0 Å². The largest absolute Gasteiger partial charge is 0.370 e. The van der Waals surface area contributed by atoms with Gasteiger partial charge in [0.1, 0.15) is 0 Å². The molecule has 0 aromatic rings. The van der Waals surface area contributed by atoms with Crippen molar-refractivity contribution < 1.29 is 0 Å². The topological polar surface area (TPSA) is 41.6 Å². The van der Waals surface area contributed by atoms with Gasteiger partial charge in [0.15, 0.2) is 5.96 Å². The van der Waals surface area contributed by atoms with Crippen molar-refractivity contribution >= 4 is 41.7 Å². The van der Waals surface area contributed by atoms with Crippen molar-refractivity contribution in [1.82, 2.24) is 4.90 Å². The van der Waals surface area contributed by atoms with Gasteiger partial charge in [-0.15, -0.1) is 24.0 Å². The zero-order valence-corrected chi connectivity index (χ0v) is 14.5. The van der Waals surface area contributed by atoms with Crippen molar-refractivity contribution in [3.05, 3.63) is 0 Å². The van der Waals surface area contributed by atoms with Crippen LogP contribution in [0.2, 0.25) is 0 Å². The average Bonchev–Trinajstić information content (AvgIpc) is 2.60. The fraction of sp³-hybridized carbons (Fsp3) is 0.923. The van der Waals surface area contributed by atoms with Crippen LogP contribution in [0.1, 0.15) is 45.4 Å². The predicted octanol–water partition coefficient (Wildman–Crippen LogP) is 3.08. The van der Waals surface area contributed by atoms with Gasteiger partial charge in [0.05, 0.1) is 6.54 Å². The lowest BCUT2D eigenvalue weighted by Crippen LogP contribution is -2.39. The molecule has 106 valence electrons. The predicted molar refractivity (Wildman–Crippen MR) is 92.0 cm³/mol. The van der Waals surface area contributed by atoms with Crippen molar-refractivity contribution in [3.8, 4) is 0 Å². The maximum atomic E-state index is 6.12. The highest BCUT2D eigenvalue weighted by molar-refractivity contribution is 14.0. The lowest BCUT2D eigenvalue weighted by Gasteiger charge is -2.24. The first-order chi connectivity index (χ1) is 8.20. The van der Waals surface area contributed by atoms with E-state index >= 15 is 0 Å². The number of hydrogen-bond donors (Lipinski definition) is 1. The summed E-state index contributed by atoms with van der Waals surface area (Å²) in [6.45, 7) is 5.41. The minimum absolute atomic E-state index is 0. The summed E-state index contributed by atoms with van der Waals surface area (Å²) in [4.78, 5) is 6.92. The number of nitrogens with two attached hydrogens (primary N) is 1. The normalized spacial score (nSPS) is 29.8. The number of aliphatic imine (C=N–C) groups is 1. The summed E-state index contributed by atoms with van der Waals surface area (Å²) in [7, 11) is 0.